The Labute approximate surface area is 152 Å². The molecule has 0 bridgehead atoms. The summed E-state index contributed by atoms with van der Waals surface area (Å²) in [6, 6.07) is 8.13. The van der Waals surface area contributed by atoms with Gasteiger partial charge in [-0.25, -0.2) is 0 Å². The van der Waals surface area contributed by atoms with E-state index in [9.17, 15) is 4.79 Å². The first-order chi connectivity index (χ1) is 12.6. The molecule has 3 aromatic rings. The first kappa shape index (κ1) is 16.8. The van der Waals surface area contributed by atoms with Crippen molar-refractivity contribution in [2.45, 2.75) is 32.2 Å². The zero-order valence-corrected chi connectivity index (χ0v) is 15.2. The van der Waals surface area contributed by atoms with Gasteiger partial charge in [0, 0.05) is 29.9 Å². The predicted octanol–water partition coefficient (Wildman–Crippen LogP) is 2.63. The van der Waals surface area contributed by atoms with Gasteiger partial charge in [0.15, 0.2) is 5.78 Å². The zero-order valence-electron chi connectivity index (χ0n) is 15.2. The number of aryl methyl sites for hydroxylation is 1. The number of nitrogens with zero attached hydrogens (tertiary/aromatic N) is 5. The van der Waals surface area contributed by atoms with Crippen molar-refractivity contribution < 1.29 is 4.79 Å². The van der Waals surface area contributed by atoms with E-state index in [4.69, 9.17) is 0 Å². The molecule has 0 amide bonds. The number of Topliss-reactive ketones (excluding diaryl/α,β-unsaturated/α-hetero) is 1. The van der Waals surface area contributed by atoms with Crippen molar-refractivity contribution in [3.05, 3.63) is 42.4 Å². The molecule has 4 rings (SSSR count). The maximum absolute atomic E-state index is 12.6. The van der Waals surface area contributed by atoms with Gasteiger partial charge < -0.3 is 0 Å². The quantitative estimate of drug-likeness (QED) is 0.708. The Bertz CT molecular complexity index is 942. The lowest BCUT2D eigenvalue weighted by Gasteiger charge is -2.22. The lowest BCUT2D eigenvalue weighted by atomic mass is 10.0. The summed E-state index contributed by atoms with van der Waals surface area (Å²) in [6.07, 6.45) is 6.50. The summed E-state index contributed by atoms with van der Waals surface area (Å²) in [4.78, 5) is 19.4. The lowest BCUT2D eigenvalue weighted by molar-refractivity contribution is -0.122. The Morgan fingerprint density at radius 1 is 1.19 bits per heavy atom. The average Bonchev–Trinajstić information content (AvgIpc) is 3.32. The highest BCUT2D eigenvalue weighted by atomic mass is 16.1. The Balaban J connectivity index is 1.57. The van der Waals surface area contributed by atoms with Crippen LogP contribution in [0.2, 0.25) is 0 Å². The van der Waals surface area contributed by atoms with Crippen LogP contribution in [0.5, 0.6) is 0 Å². The molecule has 1 aromatic carbocycles. The summed E-state index contributed by atoms with van der Waals surface area (Å²) in [6.45, 7) is 4.07. The van der Waals surface area contributed by atoms with Crippen LogP contribution in [0.3, 0.4) is 0 Å². The van der Waals surface area contributed by atoms with Crippen molar-refractivity contribution in [2.75, 3.05) is 13.1 Å². The minimum Gasteiger partial charge on any atom is -0.298 e. The molecule has 0 aliphatic carbocycles. The topological polar surface area (TPSA) is 63.9 Å². The molecule has 26 heavy (non-hydrogen) atoms. The van der Waals surface area contributed by atoms with Crippen molar-refractivity contribution in [1.29, 1.82) is 0 Å². The van der Waals surface area contributed by atoms with E-state index in [0.29, 0.717) is 6.42 Å². The lowest BCUT2D eigenvalue weighted by Crippen LogP contribution is -2.37. The standard InChI is InChI=1S/C20H23N5O/c1-14(25-7-3-4-8-25)20(26)11-18-10-17-9-15(5-6-16(17)12-21-18)19-13-24(2)23-22-19/h5-6,9-10,12-14H,3-4,7-8,11H2,1-2H3. The van der Waals surface area contributed by atoms with E-state index in [1.165, 1.54) is 12.8 Å². The van der Waals surface area contributed by atoms with E-state index in [2.05, 4.69) is 26.3 Å². The second-order valence-corrected chi connectivity index (χ2v) is 7.08. The predicted molar refractivity (Wildman–Crippen MR) is 101 cm³/mol. The Hall–Kier alpha value is -2.60. The van der Waals surface area contributed by atoms with Crippen molar-refractivity contribution in [3.8, 4) is 11.3 Å². The Morgan fingerprint density at radius 2 is 2.00 bits per heavy atom. The number of ketones is 1. The monoisotopic (exact) mass is 349 g/mol. The molecule has 1 aliphatic rings. The molecule has 6 nitrogen and oxygen atoms in total. The number of aromatic nitrogens is 4. The number of fused-ring (bicyclic) bond motifs is 1. The van der Waals surface area contributed by atoms with E-state index >= 15 is 0 Å². The molecule has 0 radical (unpaired) electrons. The number of likely N-dealkylation sites (tertiary alicyclic amines) is 1. The fourth-order valence-electron chi connectivity index (χ4n) is 3.58. The van der Waals surface area contributed by atoms with Gasteiger partial charge in [0.2, 0.25) is 0 Å². The third-order valence-electron chi connectivity index (χ3n) is 5.19. The molecule has 1 saturated heterocycles. The number of carbonyl (C=O) groups is 1. The fraction of sp³-hybridized carbons (Fsp3) is 0.400. The molecule has 134 valence electrons. The third-order valence-corrected chi connectivity index (χ3v) is 5.19. The molecule has 0 spiro atoms. The number of hydrogen-bond donors (Lipinski definition) is 0. The van der Waals surface area contributed by atoms with Gasteiger partial charge in [-0.15, -0.1) is 5.10 Å². The second kappa shape index (κ2) is 6.96. The zero-order chi connectivity index (χ0) is 18.1. The van der Waals surface area contributed by atoms with Crippen LogP contribution in [0.1, 0.15) is 25.5 Å². The fourth-order valence-corrected chi connectivity index (χ4v) is 3.58. The van der Waals surface area contributed by atoms with Crippen LogP contribution in [-0.2, 0) is 18.3 Å². The summed E-state index contributed by atoms with van der Waals surface area (Å²) in [7, 11) is 1.85. The number of hydrogen-bond acceptors (Lipinski definition) is 5. The molecule has 1 unspecified atom stereocenters. The summed E-state index contributed by atoms with van der Waals surface area (Å²) in [5, 5.41) is 10.3. The normalized spacial score (nSPS) is 16.2. The van der Waals surface area contributed by atoms with Crippen molar-refractivity contribution >= 4 is 16.6 Å². The van der Waals surface area contributed by atoms with Gasteiger partial charge in [0.05, 0.1) is 18.7 Å². The molecule has 0 N–H and O–H groups in total. The van der Waals surface area contributed by atoms with Crippen LogP contribution < -0.4 is 0 Å². The first-order valence-corrected chi connectivity index (χ1v) is 9.12. The first-order valence-electron chi connectivity index (χ1n) is 9.12. The van der Waals surface area contributed by atoms with Crippen LogP contribution in [0.25, 0.3) is 22.0 Å². The average molecular weight is 349 g/mol. The molecule has 2 aromatic heterocycles. The van der Waals surface area contributed by atoms with Gasteiger partial charge in [-0.3, -0.25) is 19.4 Å². The minimum atomic E-state index is -0.0269. The van der Waals surface area contributed by atoms with Gasteiger partial charge in [0.1, 0.15) is 5.69 Å². The number of carbonyl (C=O) groups excluding carboxylic acids is 1. The smallest absolute Gasteiger partial charge is 0.155 e. The molecular weight excluding hydrogens is 326 g/mol. The van der Waals surface area contributed by atoms with E-state index in [-0.39, 0.29) is 11.8 Å². The Morgan fingerprint density at radius 3 is 2.73 bits per heavy atom. The highest BCUT2D eigenvalue weighted by Gasteiger charge is 2.24. The third kappa shape index (κ3) is 3.37. The maximum Gasteiger partial charge on any atom is 0.155 e. The van der Waals surface area contributed by atoms with Gasteiger partial charge in [-0.05, 0) is 50.4 Å². The number of pyridine rings is 1. The van der Waals surface area contributed by atoms with Crippen LogP contribution in [0.4, 0.5) is 0 Å². The van der Waals surface area contributed by atoms with E-state index in [1.807, 2.05) is 44.6 Å². The van der Waals surface area contributed by atoms with Gasteiger partial charge in [-0.2, -0.15) is 0 Å². The van der Waals surface area contributed by atoms with Crippen LogP contribution in [-0.4, -0.2) is 49.8 Å². The van der Waals surface area contributed by atoms with Gasteiger partial charge in [0.25, 0.3) is 0 Å². The van der Waals surface area contributed by atoms with Gasteiger partial charge >= 0.3 is 0 Å². The van der Waals surface area contributed by atoms with Crippen molar-refractivity contribution in [3.63, 3.8) is 0 Å². The summed E-state index contributed by atoms with van der Waals surface area (Å²) in [5.41, 5.74) is 2.68. The SMILES string of the molecule is CC(C(=O)Cc1cc2cc(-c3cn(C)nn3)ccc2cn1)N1CCCC1. The Kier molecular flexibility index (Phi) is 4.51. The van der Waals surface area contributed by atoms with Crippen molar-refractivity contribution in [1.82, 2.24) is 24.9 Å². The second-order valence-electron chi connectivity index (χ2n) is 7.08. The van der Waals surface area contributed by atoms with Gasteiger partial charge in [-0.1, -0.05) is 17.3 Å². The van der Waals surface area contributed by atoms with Crippen LogP contribution in [0.15, 0.2) is 36.7 Å². The highest BCUT2D eigenvalue weighted by molar-refractivity contribution is 5.89. The minimum absolute atomic E-state index is 0.0269. The largest absolute Gasteiger partial charge is 0.298 e. The molecule has 1 fully saturated rings. The van der Waals surface area contributed by atoms with E-state index in [0.717, 1.165) is 40.8 Å². The highest BCUT2D eigenvalue weighted by Crippen LogP contribution is 2.23. The summed E-state index contributed by atoms with van der Waals surface area (Å²) >= 11 is 0. The van der Waals surface area contributed by atoms with Crippen LogP contribution >= 0.6 is 0 Å². The number of benzene rings is 1. The maximum atomic E-state index is 12.6. The van der Waals surface area contributed by atoms with Crippen LogP contribution in [0, 0.1) is 0 Å². The molecule has 1 aliphatic heterocycles. The van der Waals surface area contributed by atoms with E-state index in [1.54, 1.807) is 4.68 Å². The summed E-state index contributed by atoms with van der Waals surface area (Å²) in [5.74, 6) is 0.240. The number of rotatable bonds is 5. The summed E-state index contributed by atoms with van der Waals surface area (Å²) < 4.78 is 1.69. The van der Waals surface area contributed by atoms with Crippen molar-refractivity contribution in [2.24, 2.45) is 7.05 Å². The molecule has 3 heterocycles. The molecule has 6 heteroatoms. The molecule has 1 atom stereocenters. The van der Waals surface area contributed by atoms with E-state index < -0.39 is 0 Å². The molecule has 0 saturated carbocycles. The molecular formula is C20H23N5O.